The first-order valence-electron chi connectivity index (χ1n) is 16.2. The highest BCUT2D eigenvalue weighted by molar-refractivity contribution is 5.72. The van der Waals surface area contributed by atoms with Gasteiger partial charge in [0.1, 0.15) is 0 Å². The Hall–Kier alpha value is -0.650. The number of carbonyl (C=O) groups excluding carboxylic acids is 1. The van der Waals surface area contributed by atoms with E-state index in [4.69, 9.17) is 9.47 Å². The van der Waals surface area contributed by atoms with Crippen molar-refractivity contribution in [1.82, 2.24) is 4.90 Å². The van der Waals surface area contributed by atoms with E-state index in [0.717, 1.165) is 51.7 Å². The number of unbranched alkanes of at least 4 members (excludes halogenated alkanes) is 15. The average Bonchev–Trinajstić information content (AvgIpc) is 2.91. The topological polar surface area (TPSA) is 59.0 Å². The molecule has 1 N–H and O–H groups in total. The van der Waals surface area contributed by atoms with Crippen molar-refractivity contribution in [2.45, 2.75) is 149 Å². The predicted molar refractivity (Wildman–Crippen MR) is 158 cm³/mol. The summed E-state index contributed by atoms with van der Waals surface area (Å²) in [5.74, 6) is 0.132. The maximum Gasteiger partial charge on any atom is 0.308 e. The van der Waals surface area contributed by atoms with Crippen LogP contribution in [0.15, 0.2) is 0 Å². The van der Waals surface area contributed by atoms with E-state index < -0.39 is 0 Å². The SMILES string of the molecule is CCCCCCC(CC)C(=O)OCCCCCCCCCN(CCCO)CCCCCCCCCOC. The summed E-state index contributed by atoms with van der Waals surface area (Å²) in [6, 6.07) is 0. The molecule has 0 saturated heterocycles. The molecule has 0 fully saturated rings. The first-order valence-corrected chi connectivity index (χ1v) is 16.2. The van der Waals surface area contributed by atoms with E-state index in [1.54, 1.807) is 7.11 Å². The number of hydrogen-bond donors (Lipinski definition) is 1. The maximum absolute atomic E-state index is 12.3. The van der Waals surface area contributed by atoms with E-state index in [0.29, 0.717) is 13.2 Å². The molecule has 0 spiro atoms. The molecule has 1 unspecified atom stereocenters. The molecule has 0 bridgehead atoms. The first-order chi connectivity index (χ1) is 18.2. The van der Waals surface area contributed by atoms with Crippen molar-refractivity contribution in [3.8, 4) is 0 Å². The minimum Gasteiger partial charge on any atom is -0.465 e. The van der Waals surface area contributed by atoms with Crippen LogP contribution >= 0.6 is 0 Å². The number of aliphatic hydroxyl groups is 1. The molecular formula is C32H65NO4. The Balaban J connectivity index is 3.68. The van der Waals surface area contributed by atoms with E-state index >= 15 is 0 Å². The summed E-state index contributed by atoms with van der Waals surface area (Å²) in [5, 5.41) is 9.23. The summed E-state index contributed by atoms with van der Waals surface area (Å²) in [6.45, 7) is 9.50. The van der Waals surface area contributed by atoms with Gasteiger partial charge in [0.2, 0.25) is 0 Å². The van der Waals surface area contributed by atoms with Crippen molar-refractivity contribution >= 4 is 5.97 Å². The van der Waals surface area contributed by atoms with Gasteiger partial charge in [-0.05, 0) is 58.0 Å². The van der Waals surface area contributed by atoms with Crippen LogP contribution in [0.3, 0.4) is 0 Å². The second-order valence-corrected chi connectivity index (χ2v) is 11.0. The molecular weight excluding hydrogens is 462 g/mol. The lowest BCUT2D eigenvalue weighted by molar-refractivity contribution is -0.149. The van der Waals surface area contributed by atoms with Crippen LogP contribution in [0, 0.1) is 5.92 Å². The van der Waals surface area contributed by atoms with Crippen LogP contribution in [0.2, 0.25) is 0 Å². The average molecular weight is 528 g/mol. The molecule has 37 heavy (non-hydrogen) atoms. The van der Waals surface area contributed by atoms with Gasteiger partial charge in [0.15, 0.2) is 0 Å². The van der Waals surface area contributed by atoms with E-state index in [1.165, 1.54) is 109 Å². The van der Waals surface area contributed by atoms with Crippen molar-refractivity contribution in [3.63, 3.8) is 0 Å². The van der Waals surface area contributed by atoms with Crippen LogP contribution in [-0.2, 0) is 14.3 Å². The highest BCUT2D eigenvalue weighted by atomic mass is 16.5. The van der Waals surface area contributed by atoms with Crippen LogP contribution in [0.4, 0.5) is 0 Å². The predicted octanol–water partition coefficient (Wildman–Crippen LogP) is 8.32. The lowest BCUT2D eigenvalue weighted by Crippen LogP contribution is -2.27. The fourth-order valence-corrected chi connectivity index (χ4v) is 5.01. The number of hydrogen-bond acceptors (Lipinski definition) is 5. The lowest BCUT2D eigenvalue weighted by atomic mass is 9.98. The number of methoxy groups -OCH3 is 1. The number of rotatable bonds is 30. The second kappa shape index (κ2) is 29.9. The molecule has 5 nitrogen and oxygen atoms in total. The largest absolute Gasteiger partial charge is 0.465 e. The lowest BCUT2D eigenvalue weighted by Gasteiger charge is -2.22. The maximum atomic E-state index is 12.3. The van der Waals surface area contributed by atoms with Gasteiger partial charge in [-0.1, -0.05) is 104 Å². The first kappa shape index (κ1) is 36.4. The van der Waals surface area contributed by atoms with Gasteiger partial charge >= 0.3 is 5.97 Å². The normalized spacial score (nSPS) is 12.4. The fourth-order valence-electron chi connectivity index (χ4n) is 5.01. The molecule has 0 aliphatic heterocycles. The zero-order chi connectivity index (χ0) is 27.2. The molecule has 0 aromatic heterocycles. The molecule has 0 aromatic rings. The molecule has 222 valence electrons. The summed E-state index contributed by atoms with van der Waals surface area (Å²) in [7, 11) is 1.78. The van der Waals surface area contributed by atoms with Crippen LogP contribution in [0.25, 0.3) is 0 Å². The van der Waals surface area contributed by atoms with Gasteiger partial charge in [-0.25, -0.2) is 0 Å². The molecule has 0 saturated carbocycles. The number of esters is 1. The standard InChI is InChI=1S/C32H65NO4/c1-4-6-7-18-24-31(5-2)32(35)37-30-22-17-13-9-11-15-20-26-33(27-23-28-34)25-19-14-10-8-12-16-21-29-36-3/h31,34H,4-30H2,1-3H3. The van der Waals surface area contributed by atoms with Gasteiger partial charge in [-0.15, -0.1) is 0 Å². The smallest absolute Gasteiger partial charge is 0.308 e. The number of nitrogens with zero attached hydrogens (tertiary/aromatic N) is 1. The Bertz CT molecular complexity index is 460. The molecule has 0 amide bonds. The van der Waals surface area contributed by atoms with Gasteiger partial charge in [0.25, 0.3) is 0 Å². The highest BCUT2D eigenvalue weighted by Crippen LogP contribution is 2.17. The monoisotopic (exact) mass is 527 g/mol. The van der Waals surface area contributed by atoms with Crippen molar-refractivity contribution in [2.75, 3.05) is 46.6 Å². The molecule has 0 rings (SSSR count). The molecule has 0 aliphatic carbocycles. The van der Waals surface area contributed by atoms with E-state index in [9.17, 15) is 9.90 Å². The van der Waals surface area contributed by atoms with Crippen LogP contribution in [0.1, 0.15) is 149 Å². The van der Waals surface area contributed by atoms with E-state index in [2.05, 4.69) is 18.7 Å². The molecule has 0 heterocycles. The third-order valence-electron chi connectivity index (χ3n) is 7.55. The molecule has 5 heteroatoms. The minimum absolute atomic E-state index is 0.0303. The summed E-state index contributed by atoms with van der Waals surface area (Å²) >= 11 is 0. The molecule has 0 aliphatic rings. The zero-order valence-corrected chi connectivity index (χ0v) is 25.3. The summed E-state index contributed by atoms with van der Waals surface area (Å²) in [4.78, 5) is 14.8. The number of carbonyl (C=O) groups is 1. The van der Waals surface area contributed by atoms with Crippen molar-refractivity contribution in [3.05, 3.63) is 0 Å². The second-order valence-electron chi connectivity index (χ2n) is 11.0. The van der Waals surface area contributed by atoms with Gasteiger partial charge in [0.05, 0.1) is 12.5 Å². The Morgan fingerprint density at radius 2 is 1.14 bits per heavy atom. The third-order valence-corrected chi connectivity index (χ3v) is 7.55. The summed E-state index contributed by atoms with van der Waals surface area (Å²) in [5.41, 5.74) is 0. The minimum atomic E-state index is 0.0303. The Morgan fingerprint density at radius 3 is 1.65 bits per heavy atom. The Labute approximate surface area is 231 Å². The van der Waals surface area contributed by atoms with Crippen molar-refractivity contribution in [2.24, 2.45) is 5.92 Å². The Morgan fingerprint density at radius 1 is 0.649 bits per heavy atom. The number of ether oxygens (including phenoxy) is 2. The van der Waals surface area contributed by atoms with Crippen molar-refractivity contribution in [1.29, 1.82) is 0 Å². The van der Waals surface area contributed by atoms with Crippen LogP contribution in [0.5, 0.6) is 0 Å². The van der Waals surface area contributed by atoms with Crippen molar-refractivity contribution < 1.29 is 19.4 Å². The highest BCUT2D eigenvalue weighted by Gasteiger charge is 2.17. The van der Waals surface area contributed by atoms with Gasteiger partial charge < -0.3 is 19.5 Å². The third kappa shape index (κ3) is 25.4. The Kier molecular flexibility index (Phi) is 29.4. The quantitative estimate of drug-likeness (QED) is 0.0751. The molecule has 0 radical (unpaired) electrons. The van der Waals surface area contributed by atoms with Crippen LogP contribution in [-0.4, -0.2) is 62.5 Å². The summed E-state index contributed by atoms with van der Waals surface area (Å²) < 4.78 is 10.7. The van der Waals surface area contributed by atoms with Crippen LogP contribution < -0.4 is 0 Å². The summed E-state index contributed by atoms with van der Waals surface area (Å²) in [6.07, 6.45) is 25.3. The van der Waals surface area contributed by atoms with E-state index in [-0.39, 0.29) is 11.9 Å². The van der Waals surface area contributed by atoms with E-state index in [1.807, 2.05) is 0 Å². The van der Waals surface area contributed by atoms with Gasteiger partial charge in [-0.2, -0.15) is 0 Å². The fraction of sp³-hybridized carbons (Fsp3) is 0.969. The molecule has 0 aromatic carbocycles. The van der Waals surface area contributed by atoms with Gasteiger partial charge in [-0.3, -0.25) is 4.79 Å². The zero-order valence-electron chi connectivity index (χ0n) is 25.3. The molecule has 1 atom stereocenters. The van der Waals surface area contributed by atoms with Gasteiger partial charge in [0, 0.05) is 26.9 Å². The number of aliphatic hydroxyl groups excluding tert-OH is 1.